The van der Waals surface area contributed by atoms with Gasteiger partial charge in [0, 0.05) is 19.3 Å². The van der Waals surface area contributed by atoms with Crippen molar-refractivity contribution in [3.63, 3.8) is 0 Å². The van der Waals surface area contributed by atoms with Crippen LogP contribution in [-0.4, -0.2) is 30.5 Å². The summed E-state index contributed by atoms with van der Waals surface area (Å²) < 4.78 is 0. The molecule has 1 amide bonds. The van der Waals surface area contributed by atoms with Gasteiger partial charge in [0.25, 0.3) is 0 Å². The average molecular weight is 192 g/mol. The maximum atomic E-state index is 11.3. The molecule has 0 saturated heterocycles. The van der Waals surface area contributed by atoms with Crippen LogP contribution < -0.4 is 16.0 Å². The Balaban J connectivity index is 2.33. The second-order valence-corrected chi connectivity index (χ2v) is 3.13. The minimum atomic E-state index is -0.0149. The van der Waals surface area contributed by atoms with Gasteiger partial charge in [0.15, 0.2) is 5.82 Å². The van der Waals surface area contributed by atoms with E-state index in [9.17, 15) is 4.79 Å². The molecule has 1 aromatic heterocycles. The van der Waals surface area contributed by atoms with Crippen molar-refractivity contribution in [1.82, 2.24) is 4.98 Å². The van der Waals surface area contributed by atoms with Gasteiger partial charge in [-0.25, -0.2) is 4.98 Å². The molecule has 0 fully saturated rings. The Kier molecular flexibility index (Phi) is 2.32. The van der Waals surface area contributed by atoms with Crippen LogP contribution in [0.4, 0.5) is 11.5 Å². The molecule has 1 aliphatic heterocycles. The van der Waals surface area contributed by atoms with Gasteiger partial charge in [0.05, 0.1) is 12.2 Å². The van der Waals surface area contributed by atoms with Crippen LogP contribution in [0.1, 0.15) is 0 Å². The fourth-order valence-corrected chi connectivity index (χ4v) is 1.53. The zero-order valence-electron chi connectivity index (χ0n) is 7.73. The van der Waals surface area contributed by atoms with E-state index in [4.69, 9.17) is 5.73 Å². The second kappa shape index (κ2) is 3.63. The predicted octanol–water partition coefficient (Wildman–Crippen LogP) is -0.201. The lowest BCUT2D eigenvalue weighted by atomic mass is 10.2. The van der Waals surface area contributed by atoms with Crippen LogP contribution >= 0.6 is 0 Å². The Morgan fingerprint density at radius 1 is 1.64 bits per heavy atom. The van der Waals surface area contributed by atoms with E-state index in [1.807, 2.05) is 11.0 Å². The minimum Gasteiger partial charge on any atom is -0.344 e. The molecule has 5 heteroatoms. The minimum absolute atomic E-state index is 0.0149. The molecule has 0 atom stereocenters. The zero-order valence-corrected chi connectivity index (χ0v) is 7.73. The smallest absolute Gasteiger partial charge is 0.244 e. The molecule has 1 aliphatic rings. The predicted molar refractivity (Wildman–Crippen MR) is 54.1 cm³/mol. The van der Waals surface area contributed by atoms with Crippen LogP contribution in [0, 0.1) is 0 Å². The third-order valence-corrected chi connectivity index (χ3v) is 2.09. The molecule has 3 N–H and O–H groups in total. The monoisotopic (exact) mass is 192 g/mol. The lowest BCUT2D eigenvalue weighted by molar-refractivity contribution is -0.115. The molecule has 0 unspecified atom stereocenters. The average Bonchev–Trinajstić information content (AvgIpc) is 2.18. The molecule has 0 saturated carbocycles. The van der Waals surface area contributed by atoms with Crippen molar-refractivity contribution < 1.29 is 4.79 Å². The number of aromatic nitrogens is 1. The van der Waals surface area contributed by atoms with Crippen molar-refractivity contribution in [3.8, 4) is 0 Å². The SMILES string of the molecule is NCCN1CC(=O)Nc2cccnc21. The summed E-state index contributed by atoms with van der Waals surface area (Å²) in [6, 6.07) is 3.63. The molecule has 0 bridgehead atoms. The first-order valence-electron chi connectivity index (χ1n) is 4.51. The fourth-order valence-electron chi connectivity index (χ4n) is 1.53. The number of carbonyl (C=O) groups excluding carboxylic acids is 1. The van der Waals surface area contributed by atoms with E-state index < -0.39 is 0 Å². The Morgan fingerprint density at radius 2 is 2.50 bits per heavy atom. The molecule has 0 spiro atoms. The molecule has 74 valence electrons. The third kappa shape index (κ3) is 1.54. The second-order valence-electron chi connectivity index (χ2n) is 3.13. The molecule has 0 aliphatic carbocycles. The van der Waals surface area contributed by atoms with E-state index >= 15 is 0 Å². The van der Waals surface area contributed by atoms with Gasteiger partial charge < -0.3 is 16.0 Å². The highest BCUT2D eigenvalue weighted by Crippen LogP contribution is 2.25. The maximum absolute atomic E-state index is 11.3. The van der Waals surface area contributed by atoms with Crippen LogP contribution in [0.15, 0.2) is 18.3 Å². The molecule has 2 rings (SSSR count). The van der Waals surface area contributed by atoms with Gasteiger partial charge in [-0.05, 0) is 12.1 Å². The van der Waals surface area contributed by atoms with E-state index in [-0.39, 0.29) is 5.91 Å². The number of pyridine rings is 1. The van der Waals surface area contributed by atoms with Gasteiger partial charge in [-0.15, -0.1) is 0 Å². The number of anilines is 2. The van der Waals surface area contributed by atoms with E-state index in [0.29, 0.717) is 19.6 Å². The van der Waals surface area contributed by atoms with Crippen LogP contribution in [0.5, 0.6) is 0 Å². The summed E-state index contributed by atoms with van der Waals surface area (Å²) in [5, 5.41) is 2.76. The molecule has 1 aromatic rings. The number of nitrogens with one attached hydrogen (secondary N) is 1. The van der Waals surface area contributed by atoms with E-state index in [1.165, 1.54) is 0 Å². The number of amides is 1. The summed E-state index contributed by atoms with van der Waals surface area (Å²) in [5.74, 6) is 0.788. The summed E-state index contributed by atoms with van der Waals surface area (Å²) in [6.45, 7) is 1.50. The van der Waals surface area contributed by atoms with Crippen molar-refractivity contribution >= 4 is 17.4 Å². The van der Waals surface area contributed by atoms with E-state index in [1.54, 1.807) is 12.3 Å². The van der Waals surface area contributed by atoms with Gasteiger partial charge in [0.1, 0.15) is 0 Å². The van der Waals surface area contributed by atoms with Crippen LogP contribution in [0.3, 0.4) is 0 Å². The molecule has 5 nitrogen and oxygen atoms in total. The van der Waals surface area contributed by atoms with Crippen LogP contribution in [0.25, 0.3) is 0 Å². The molecule has 0 radical (unpaired) electrons. The number of rotatable bonds is 2. The first-order chi connectivity index (χ1) is 6.81. The quantitative estimate of drug-likeness (QED) is 0.680. The van der Waals surface area contributed by atoms with Gasteiger partial charge >= 0.3 is 0 Å². The molecular weight excluding hydrogens is 180 g/mol. The number of hydrogen-bond acceptors (Lipinski definition) is 4. The van der Waals surface area contributed by atoms with Gasteiger partial charge in [-0.2, -0.15) is 0 Å². The Bertz CT molecular complexity index is 352. The van der Waals surface area contributed by atoms with Crippen molar-refractivity contribution in [2.75, 3.05) is 29.9 Å². The number of nitrogens with zero attached hydrogens (tertiary/aromatic N) is 2. The van der Waals surface area contributed by atoms with E-state index in [2.05, 4.69) is 10.3 Å². The summed E-state index contributed by atoms with van der Waals surface area (Å²) in [5.41, 5.74) is 6.22. The molecule has 2 heterocycles. The number of carbonyl (C=O) groups is 1. The maximum Gasteiger partial charge on any atom is 0.244 e. The topological polar surface area (TPSA) is 71.2 Å². The van der Waals surface area contributed by atoms with Crippen molar-refractivity contribution in [1.29, 1.82) is 0 Å². The van der Waals surface area contributed by atoms with E-state index in [0.717, 1.165) is 11.5 Å². The highest BCUT2D eigenvalue weighted by molar-refractivity contribution is 6.00. The van der Waals surface area contributed by atoms with Gasteiger partial charge in [0.2, 0.25) is 5.91 Å². The molecular formula is C9H12N4O. The Hall–Kier alpha value is -1.62. The first-order valence-corrected chi connectivity index (χ1v) is 4.51. The van der Waals surface area contributed by atoms with Crippen molar-refractivity contribution in [2.45, 2.75) is 0 Å². The fraction of sp³-hybridized carbons (Fsp3) is 0.333. The summed E-state index contributed by atoms with van der Waals surface area (Å²) in [4.78, 5) is 17.4. The summed E-state index contributed by atoms with van der Waals surface area (Å²) in [7, 11) is 0. The first kappa shape index (κ1) is 8.96. The molecule has 0 aromatic carbocycles. The largest absolute Gasteiger partial charge is 0.344 e. The highest BCUT2D eigenvalue weighted by Gasteiger charge is 2.21. The van der Waals surface area contributed by atoms with Gasteiger partial charge in [-0.1, -0.05) is 0 Å². The molecule has 14 heavy (non-hydrogen) atoms. The van der Waals surface area contributed by atoms with Crippen LogP contribution in [0.2, 0.25) is 0 Å². The van der Waals surface area contributed by atoms with Crippen LogP contribution in [-0.2, 0) is 4.79 Å². The zero-order chi connectivity index (χ0) is 9.97. The summed E-state index contributed by atoms with van der Waals surface area (Å²) in [6.07, 6.45) is 1.71. The number of hydrogen-bond donors (Lipinski definition) is 2. The Morgan fingerprint density at radius 3 is 3.29 bits per heavy atom. The van der Waals surface area contributed by atoms with Crippen molar-refractivity contribution in [3.05, 3.63) is 18.3 Å². The summed E-state index contributed by atoms with van der Waals surface area (Å²) >= 11 is 0. The van der Waals surface area contributed by atoms with Gasteiger partial charge in [-0.3, -0.25) is 4.79 Å². The lowest BCUT2D eigenvalue weighted by Crippen LogP contribution is -2.41. The Labute approximate surface area is 81.9 Å². The number of fused-ring (bicyclic) bond motifs is 1. The third-order valence-electron chi connectivity index (χ3n) is 2.09. The standard InChI is InChI=1S/C9H12N4O/c10-3-5-13-6-8(14)12-7-2-1-4-11-9(7)13/h1-2,4H,3,5-6,10H2,(H,12,14). The number of nitrogens with two attached hydrogens (primary N) is 1. The lowest BCUT2D eigenvalue weighted by Gasteiger charge is -2.28. The normalized spacial score (nSPS) is 14.9. The van der Waals surface area contributed by atoms with Crippen molar-refractivity contribution in [2.24, 2.45) is 5.73 Å². The highest BCUT2D eigenvalue weighted by atomic mass is 16.2.